The van der Waals surface area contributed by atoms with Crippen LogP contribution >= 0.6 is 0 Å². The van der Waals surface area contributed by atoms with Crippen LogP contribution in [0.4, 0.5) is 0 Å². The van der Waals surface area contributed by atoms with Crippen molar-refractivity contribution in [1.82, 2.24) is 0 Å². The molecule has 0 amide bonds. The molecule has 0 aliphatic heterocycles. The first-order valence-corrected chi connectivity index (χ1v) is 21.5. The minimum absolute atomic E-state index is 0.0782. The van der Waals surface area contributed by atoms with Gasteiger partial charge >= 0.3 is 17.9 Å². The number of rotatable bonds is 38. The zero-order valence-electron chi connectivity index (χ0n) is 33.6. The summed E-state index contributed by atoms with van der Waals surface area (Å²) < 4.78 is 16.6. The van der Waals surface area contributed by atoms with Crippen LogP contribution in [0.2, 0.25) is 0 Å². The smallest absolute Gasteiger partial charge is 0.306 e. The van der Waals surface area contributed by atoms with Crippen LogP contribution in [0.5, 0.6) is 0 Å². The van der Waals surface area contributed by atoms with Gasteiger partial charge in [0.25, 0.3) is 0 Å². The molecule has 0 rings (SSSR count). The van der Waals surface area contributed by atoms with E-state index >= 15 is 0 Å². The molecule has 1 atom stereocenters. The number of hydrogen-bond donors (Lipinski definition) is 0. The second kappa shape index (κ2) is 40.4. The fraction of sp³-hybridized carbons (Fsp3) is 0.800. The first-order valence-electron chi connectivity index (χ1n) is 21.5. The highest BCUT2D eigenvalue weighted by atomic mass is 16.6. The van der Waals surface area contributed by atoms with Crippen molar-refractivity contribution < 1.29 is 28.6 Å². The lowest BCUT2D eigenvalue weighted by molar-refractivity contribution is -0.167. The van der Waals surface area contributed by atoms with Gasteiger partial charge in [-0.3, -0.25) is 14.4 Å². The molecule has 0 bridgehead atoms. The monoisotopic (exact) mass is 717 g/mol. The number of allylic oxidation sites excluding steroid dienone is 6. The van der Waals surface area contributed by atoms with Gasteiger partial charge < -0.3 is 14.2 Å². The number of hydrogen-bond acceptors (Lipinski definition) is 6. The summed E-state index contributed by atoms with van der Waals surface area (Å²) in [5, 5.41) is 0. The molecule has 0 saturated carbocycles. The molecule has 0 aliphatic rings. The maximum Gasteiger partial charge on any atom is 0.306 e. The maximum absolute atomic E-state index is 12.6. The number of ether oxygens (including phenoxy) is 3. The predicted molar refractivity (Wildman–Crippen MR) is 215 cm³/mol. The van der Waals surface area contributed by atoms with Crippen LogP contribution in [-0.2, 0) is 28.6 Å². The number of carbonyl (C=O) groups is 3. The van der Waals surface area contributed by atoms with E-state index in [0.717, 1.165) is 89.9 Å². The van der Waals surface area contributed by atoms with Gasteiger partial charge in [0.1, 0.15) is 13.2 Å². The Balaban J connectivity index is 4.25. The Morgan fingerprint density at radius 3 is 1.22 bits per heavy atom. The predicted octanol–water partition coefficient (Wildman–Crippen LogP) is 13.4. The third kappa shape index (κ3) is 38.7. The Morgan fingerprint density at radius 2 is 0.745 bits per heavy atom. The minimum Gasteiger partial charge on any atom is -0.462 e. The maximum atomic E-state index is 12.6. The van der Waals surface area contributed by atoms with Crippen molar-refractivity contribution in [3.8, 4) is 0 Å². The highest BCUT2D eigenvalue weighted by Gasteiger charge is 2.19. The molecule has 51 heavy (non-hydrogen) atoms. The molecular weight excluding hydrogens is 636 g/mol. The number of unbranched alkanes of at least 4 members (excludes halogenated alkanes) is 21. The first-order chi connectivity index (χ1) is 25.0. The van der Waals surface area contributed by atoms with Crippen LogP contribution in [0, 0.1) is 0 Å². The van der Waals surface area contributed by atoms with E-state index in [2.05, 4.69) is 57.2 Å². The molecule has 0 saturated heterocycles. The third-order valence-corrected chi connectivity index (χ3v) is 9.10. The van der Waals surface area contributed by atoms with Gasteiger partial charge in [-0.25, -0.2) is 0 Å². The summed E-state index contributed by atoms with van der Waals surface area (Å²) in [6.07, 6.45) is 44.3. The quantitative estimate of drug-likeness (QED) is 0.0274. The van der Waals surface area contributed by atoms with E-state index in [-0.39, 0.29) is 31.1 Å². The van der Waals surface area contributed by atoms with Gasteiger partial charge in [-0.05, 0) is 70.6 Å². The van der Waals surface area contributed by atoms with E-state index < -0.39 is 6.10 Å². The Kier molecular flexibility index (Phi) is 38.5. The molecule has 296 valence electrons. The fourth-order valence-electron chi connectivity index (χ4n) is 5.83. The normalized spacial score (nSPS) is 12.3. The zero-order chi connectivity index (χ0) is 37.3. The van der Waals surface area contributed by atoms with Crippen LogP contribution in [0.1, 0.15) is 213 Å². The molecule has 0 radical (unpaired) electrons. The molecule has 6 nitrogen and oxygen atoms in total. The average molecular weight is 717 g/mol. The number of esters is 3. The van der Waals surface area contributed by atoms with Crippen molar-refractivity contribution in [2.75, 3.05) is 13.2 Å². The lowest BCUT2D eigenvalue weighted by Crippen LogP contribution is -2.30. The van der Waals surface area contributed by atoms with Crippen molar-refractivity contribution in [3.05, 3.63) is 36.5 Å². The van der Waals surface area contributed by atoms with Gasteiger partial charge in [0.2, 0.25) is 0 Å². The molecule has 0 aromatic rings. The molecule has 6 heteroatoms. The van der Waals surface area contributed by atoms with Crippen LogP contribution < -0.4 is 0 Å². The number of carbonyl (C=O) groups excluding carboxylic acids is 3. The molecule has 0 heterocycles. The van der Waals surface area contributed by atoms with E-state index in [1.54, 1.807) is 0 Å². The second-order valence-electron chi connectivity index (χ2n) is 14.3. The van der Waals surface area contributed by atoms with Crippen LogP contribution in [0.15, 0.2) is 36.5 Å². The fourth-order valence-corrected chi connectivity index (χ4v) is 5.83. The van der Waals surface area contributed by atoms with Crippen molar-refractivity contribution in [2.24, 2.45) is 0 Å². The van der Waals surface area contributed by atoms with Gasteiger partial charge in [-0.2, -0.15) is 0 Å². The van der Waals surface area contributed by atoms with E-state index in [9.17, 15) is 14.4 Å². The molecule has 0 aromatic carbocycles. The summed E-state index contributed by atoms with van der Waals surface area (Å²) in [7, 11) is 0. The summed E-state index contributed by atoms with van der Waals surface area (Å²) in [4.78, 5) is 37.4. The lowest BCUT2D eigenvalue weighted by Gasteiger charge is -2.18. The second-order valence-corrected chi connectivity index (χ2v) is 14.3. The van der Waals surface area contributed by atoms with Crippen LogP contribution in [-0.4, -0.2) is 37.2 Å². The highest BCUT2D eigenvalue weighted by molar-refractivity contribution is 5.71. The van der Waals surface area contributed by atoms with Gasteiger partial charge in [-0.15, -0.1) is 0 Å². The zero-order valence-corrected chi connectivity index (χ0v) is 33.6. The summed E-state index contributed by atoms with van der Waals surface area (Å²) in [5.41, 5.74) is 0. The van der Waals surface area contributed by atoms with Crippen molar-refractivity contribution >= 4 is 17.9 Å². The average Bonchev–Trinajstić information content (AvgIpc) is 3.13. The molecular formula is C45H80O6. The SMILES string of the molecule is CCC/C=C\CCCCCCCC(=O)OC(COC(=O)CCCCCCCC)COC(=O)CCCCCCCCC/C=C\C/C=C\CCCCC. The van der Waals surface area contributed by atoms with E-state index in [1.165, 1.54) is 83.5 Å². The van der Waals surface area contributed by atoms with Gasteiger partial charge in [0.15, 0.2) is 6.10 Å². The van der Waals surface area contributed by atoms with E-state index in [1.807, 2.05) is 0 Å². The van der Waals surface area contributed by atoms with Crippen LogP contribution in [0.3, 0.4) is 0 Å². The summed E-state index contributed by atoms with van der Waals surface area (Å²) in [6.45, 7) is 6.46. The summed E-state index contributed by atoms with van der Waals surface area (Å²) in [5.74, 6) is -0.909. The summed E-state index contributed by atoms with van der Waals surface area (Å²) >= 11 is 0. The Bertz CT molecular complexity index is 876. The topological polar surface area (TPSA) is 78.9 Å². The molecule has 0 aliphatic carbocycles. The van der Waals surface area contributed by atoms with Crippen molar-refractivity contribution in [1.29, 1.82) is 0 Å². The van der Waals surface area contributed by atoms with Crippen LogP contribution in [0.25, 0.3) is 0 Å². The summed E-state index contributed by atoms with van der Waals surface area (Å²) in [6, 6.07) is 0. The standard InChI is InChI=1S/C45H80O6/c1-4-7-10-13-16-18-20-21-22-23-24-25-26-28-29-32-35-38-44(47)50-41-42(40-49-43(46)37-34-31-15-12-9-6-3)51-45(48)39-36-33-30-27-19-17-14-11-8-5-2/h11,14,16,18,21-22,42H,4-10,12-13,15,17,19-20,23-41H2,1-3H3/b14-11-,18-16-,22-21-. The molecule has 0 N–H and O–H groups in total. The Hall–Kier alpha value is -2.37. The lowest BCUT2D eigenvalue weighted by atomic mass is 10.1. The molecule has 1 unspecified atom stereocenters. The molecule has 0 fully saturated rings. The van der Waals surface area contributed by atoms with E-state index in [0.29, 0.717) is 19.3 Å². The van der Waals surface area contributed by atoms with Gasteiger partial charge in [-0.1, -0.05) is 160 Å². The molecule has 0 spiro atoms. The van der Waals surface area contributed by atoms with E-state index in [4.69, 9.17) is 14.2 Å². The van der Waals surface area contributed by atoms with Crippen molar-refractivity contribution in [3.63, 3.8) is 0 Å². The highest BCUT2D eigenvalue weighted by Crippen LogP contribution is 2.13. The largest absolute Gasteiger partial charge is 0.462 e. The van der Waals surface area contributed by atoms with Gasteiger partial charge in [0, 0.05) is 19.3 Å². The van der Waals surface area contributed by atoms with Crippen molar-refractivity contribution in [2.45, 2.75) is 219 Å². The molecule has 0 aromatic heterocycles. The Labute approximate surface area is 315 Å². The van der Waals surface area contributed by atoms with Gasteiger partial charge in [0.05, 0.1) is 0 Å². The minimum atomic E-state index is -0.772. The third-order valence-electron chi connectivity index (χ3n) is 9.10. The first kappa shape index (κ1) is 48.6. The Morgan fingerprint density at radius 1 is 0.392 bits per heavy atom.